The van der Waals surface area contributed by atoms with E-state index in [1.165, 1.54) is 12.8 Å². The van der Waals surface area contributed by atoms with E-state index in [-0.39, 0.29) is 0 Å². The molecule has 0 heterocycles. The molecule has 0 saturated carbocycles. The fourth-order valence-electron chi connectivity index (χ4n) is 0.844. The first-order valence-corrected chi connectivity index (χ1v) is 5.51. The van der Waals surface area contributed by atoms with Gasteiger partial charge in [-0.15, -0.1) is 0 Å². The Morgan fingerprint density at radius 3 is 2.18 bits per heavy atom. The van der Waals surface area contributed by atoms with Crippen molar-refractivity contribution in [3.63, 3.8) is 0 Å². The van der Waals surface area contributed by atoms with E-state index < -0.39 is 0 Å². The molecule has 0 aromatic heterocycles. The quantitative estimate of drug-likeness (QED) is 0.651. The predicted octanol–water partition coefficient (Wildman–Crippen LogP) is 4.83. The van der Waals surface area contributed by atoms with Crippen LogP contribution >= 0.6 is 31.9 Å². The molecular formula is C9H16Br2. The van der Waals surface area contributed by atoms with Crippen LogP contribution in [0.25, 0.3) is 0 Å². The third-order valence-electron chi connectivity index (χ3n) is 1.43. The monoisotopic (exact) mass is 282 g/mol. The van der Waals surface area contributed by atoms with Crippen LogP contribution in [0, 0.1) is 5.41 Å². The van der Waals surface area contributed by atoms with Gasteiger partial charge in [0.1, 0.15) is 0 Å². The van der Waals surface area contributed by atoms with Gasteiger partial charge in [0.25, 0.3) is 0 Å². The lowest BCUT2D eigenvalue weighted by molar-refractivity contribution is 0.367. The van der Waals surface area contributed by atoms with Gasteiger partial charge in [0.05, 0.1) is 3.39 Å². The largest absolute Gasteiger partial charge is 0.0632 e. The number of allylic oxidation sites excluding steroid dienone is 1. The highest BCUT2D eigenvalue weighted by molar-refractivity contribution is 9.28. The number of rotatable bonds is 3. The zero-order chi connectivity index (χ0) is 8.91. The minimum absolute atomic E-state index is 0.479. The summed E-state index contributed by atoms with van der Waals surface area (Å²) >= 11 is 6.67. The van der Waals surface area contributed by atoms with Crippen molar-refractivity contribution in [2.75, 3.05) is 0 Å². The molecule has 0 aliphatic rings. The van der Waals surface area contributed by atoms with Crippen molar-refractivity contribution in [2.45, 2.75) is 40.0 Å². The summed E-state index contributed by atoms with van der Waals surface area (Å²) in [5.41, 5.74) is 0.479. The standard InChI is InChI=1S/C9H16Br2/c1-9(2,3)7-5-4-6-8(10)11/h6H,4-5,7H2,1-3H3. The van der Waals surface area contributed by atoms with Crippen LogP contribution in [0.15, 0.2) is 9.47 Å². The molecule has 0 fully saturated rings. The fourth-order valence-corrected chi connectivity index (χ4v) is 1.30. The Labute approximate surface area is 86.7 Å². The smallest absolute Gasteiger partial charge is 0.0564 e. The van der Waals surface area contributed by atoms with Crippen molar-refractivity contribution in [3.05, 3.63) is 9.47 Å². The third kappa shape index (κ3) is 10.7. The average molecular weight is 284 g/mol. The number of hydrogen-bond donors (Lipinski definition) is 0. The fraction of sp³-hybridized carbons (Fsp3) is 0.778. The van der Waals surface area contributed by atoms with Crippen molar-refractivity contribution < 1.29 is 0 Å². The maximum Gasteiger partial charge on any atom is 0.0564 e. The lowest BCUT2D eigenvalue weighted by Gasteiger charge is -2.16. The lowest BCUT2D eigenvalue weighted by atomic mass is 9.90. The van der Waals surface area contributed by atoms with E-state index in [4.69, 9.17) is 0 Å². The van der Waals surface area contributed by atoms with E-state index in [1.807, 2.05) is 0 Å². The topological polar surface area (TPSA) is 0 Å². The summed E-state index contributed by atoms with van der Waals surface area (Å²) < 4.78 is 1.07. The van der Waals surface area contributed by atoms with E-state index >= 15 is 0 Å². The van der Waals surface area contributed by atoms with Crippen molar-refractivity contribution in [1.29, 1.82) is 0 Å². The molecule has 0 aromatic rings. The molecule has 11 heavy (non-hydrogen) atoms. The van der Waals surface area contributed by atoms with Crippen LogP contribution in [0.2, 0.25) is 0 Å². The lowest BCUT2D eigenvalue weighted by Crippen LogP contribution is -2.03. The summed E-state index contributed by atoms with van der Waals surface area (Å²) in [7, 11) is 0. The first kappa shape index (κ1) is 11.7. The van der Waals surface area contributed by atoms with Crippen molar-refractivity contribution in [1.82, 2.24) is 0 Å². The molecule has 0 bridgehead atoms. The molecule has 0 spiro atoms. The Balaban J connectivity index is 3.36. The van der Waals surface area contributed by atoms with Crippen LogP contribution < -0.4 is 0 Å². The Hall–Kier alpha value is 0.700. The van der Waals surface area contributed by atoms with Gasteiger partial charge in [-0.25, -0.2) is 0 Å². The van der Waals surface area contributed by atoms with Gasteiger partial charge in [-0.1, -0.05) is 26.8 Å². The van der Waals surface area contributed by atoms with Gasteiger partial charge in [0.15, 0.2) is 0 Å². The Kier molecular flexibility index (Phi) is 5.71. The summed E-state index contributed by atoms with van der Waals surface area (Å²) in [6.07, 6.45) is 5.87. The second-order valence-electron chi connectivity index (χ2n) is 3.95. The molecule has 0 N–H and O–H groups in total. The van der Waals surface area contributed by atoms with E-state index in [0.717, 1.165) is 9.81 Å². The summed E-state index contributed by atoms with van der Waals surface area (Å²) in [6, 6.07) is 0. The van der Waals surface area contributed by atoms with Crippen LogP contribution in [0.5, 0.6) is 0 Å². The van der Waals surface area contributed by atoms with Gasteiger partial charge >= 0.3 is 0 Å². The second-order valence-corrected chi connectivity index (χ2v) is 6.72. The van der Waals surface area contributed by atoms with Crippen LogP contribution in [0.1, 0.15) is 40.0 Å². The third-order valence-corrected chi connectivity index (χ3v) is 2.08. The van der Waals surface area contributed by atoms with Crippen molar-refractivity contribution in [2.24, 2.45) is 5.41 Å². The maximum atomic E-state index is 3.33. The molecule has 2 heteroatoms. The van der Waals surface area contributed by atoms with Gasteiger partial charge in [-0.05, 0) is 56.5 Å². The zero-order valence-corrected chi connectivity index (χ0v) is 10.6. The Morgan fingerprint density at radius 2 is 1.82 bits per heavy atom. The van der Waals surface area contributed by atoms with Crippen LogP contribution in [0.3, 0.4) is 0 Å². The van der Waals surface area contributed by atoms with Gasteiger partial charge in [0, 0.05) is 0 Å². The van der Waals surface area contributed by atoms with Gasteiger partial charge in [-0.3, -0.25) is 0 Å². The number of unbranched alkanes of at least 4 members (excludes halogenated alkanes) is 1. The molecule has 66 valence electrons. The van der Waals surface area contributed by atoms with Gasteiger partial charge < -0.3 is 0 Å². The molecule has 0 rings (SSSR count). The molecule has 0 amide bonds. The first-order chi connectivity index (χ1) is 4.92. The molecule has 0 aromatic carbocycles. The van der Waals surface area contributed by atoms with E-state index in [0.29, 0.717) is 5.41 Å². The molecule has 0 unspecified atom stereocenters. The predicted molar refractivity (Wildman–Crippen MR) is 59.2 cm³/mol. The molecule has 0 saturated heterocycles. The summed E-state index contributed by atoms with van der Waals surface area (Å²) in [4.78, 5) is 0. The Morgan fingerprint density at radius 1 is 1.27 bits per heavy atom. The minimum atomic E-state index is 0.479. The van der Waals surface area contributed by atoms with E-state index in [1.54, 1.807) is 0 Å². The van der Waals surface area contributed by atoms with Gasteiger partial charge in [0.2, 0.25) is 0 Å². The second kappa shape index (κ2) is 5.36. The minimum Gasteiger partial charge on any atom is -0.0632 e. The molecule has 0 aliphatic heterocycles. The summed E-state index contributed by atoms with van der Waals surface area (Å²) in [6.45, 7) is 6.83. The number of hydrogen-bond acceptors (Lipinski definition) is 0. The highest BCUT2D eigenvalue weighted by Gasteiger charge is 2.07. The molecule has 0 nitrogen and oxygen atoms in total. The first-order valence-electron chi connectivity index (χ1n) is 3.93. The van der Waals surface area contributed by atoms with Gasteiger partial charge in [-0.2, -0.15) is 0 Å². The zero-order valence-electron chi connectivity index (χ0n) is 7.45. The van der Waals surface area contributed by atoms with E-state index in [2.05, 4.69) is 58.7 Å². The summed E-state index contributed by atoms with van der Waals surface area (Å²) in [5, 5.41) is 0. The molecule has 0 aliphatic carbocycles. The molecule has 0 atom stereocenters. The number of halogens is 2. The summed E-state index contributed by atoms with van der Waals surface area (Å²) in [5.74, 6) is 0. The van der Waals surface area contributed by atoms with E-state index in [9.17, 15) is 0 Å². The normalized spacial score (nSPS) is 11.4. The molecular weight excluding hydrogens is 268 g/mol. The highest BCUT2D eigenvalue weighted by atomic mass is 79.9. The van der Waals surface area contributed by atoms with Crippen LogP contribution in [-0.2, 0) is 0 Å². The van der Waals surface area contributed by atoms with Crippen molar-refractivity contribution in [3.8, 4) is 0 Å². The Bertz CT molecular complexity index is 127. The SMILES string of the molecule is CC(C)(C)CCCC=C(Br)Br. The highest BCUT2D eigenvalue weighted by Crippen LogP contribution is 2.22. The maximum absolute atomic E-state index is 3.33. The van der Waals surface area contributed by atoms with Crippen molar-refractivity contribution >= 4 is 31.9 Å². The van der Waals surface area contributed by atoms with Crippen LogP contribution in [-0.4, -0.2) is 0 Å². The molecule has 0 radical (unpaired) electrons. The van der Waals surface area contributed by atoms with Crippen LogP contribution in [0.4, 0.5) is 0 Å². The average Bonchev–Trinajstić information content (AvgIpc) is 1.78.